The highest BCUT2D eigenvalue weighted by Gasteiger charge is 2.29. The molecule has 0 fully saturated rings. The van der Waals surface area contributed by atoms with Gasteiger partial charge in [-0.15, -0.1) is 4.40 Å². The predicted octanol–water partition coefficient (Wildman–Crippen LogP) is 0.951. The van der Waals surface area contributed by atoms with E-state index >= 15 is 0 Å². The first-order chi connectivity index (χ1) is 9.76. The van der Waals surface area contributed by atoms with Crippen LogP contribution in [0.3, 0.4) is 0 Å². The SMILES string of the molecule is COc1ccc(C2=NS(=O)(=O)N(C)C(C(=O)O)=C2)cc1C. The molecule has 1 aromatic rings. The Kier molecular flexibility index (Phi) is 3.73. The van der Waals surface area contributed by atoms with Gasteiger partial charge in [0.15, 0.2) is 0 Å². The molecular formula is C13H14N2O5S. The zero-order chi connectivity index (χ0) is 15.8. The molecular weight excluding hydrogens is 296 g/mol. The van der Waals surface area contributed by atoms with Crippen LogP contribution < -0.4 is 4.74 Å². The lowest BCUT2D eigenvalue weighted by atomic mass is 10.1. The molecule has 1 N–H and O–H groups in total. The first-order valence-electron chi connectivity index (χ1n) is 5.95. The molecule has 0 saturated carbocycles. The Labute approximate surface area is 122 Å². The second-order valence-corrected chi connectivity index (χ2v) is 6.07. The lowest BCUT2D eigenvalue weighted by molar-refractivity contribution is -0.133. The van der Waals surface area contributed by atoms with Crippen LogP contribution in [0.15, 0.2) is 34.4 Å². The molecule has 2 rings (SSSR count). The molecule has 21 heavy (non-hydrogen) atoms. The van der Waals surface area contributed by atoms with Crippen molar-refractivity contribution in [2.24, 2.45) is 4.40 Å². The van der Waals surface area contributed by atoms with Crippen molar-refractivity contribution in [2.45, 2.75) is 6.92 Å². The van der Waals surface area contributed by atoms with Gasteiger partial charge in [-0.1, -0.05) is 0 Å². The van der Waals surface area contributed by atoms with Gasteiger partial charge >= 0.3 is 16.2 Å². The molecule has 0 atom stereocenters. The molecule has 112 valence electrons. The summed E-state index contributed by atoms with van der Waals surface area (Å²) in [5, 5.41) is 9.09. The van der Waals surface area contributed by atoms with Crippen LogP contribution in [-0.2, 0) is 15.0 Å². The van der Waals surface area contributed by atoms with E-state index in [0.717, 1.165) is 12.6 Å². The van der Waals surface area contributed by atoms with Crippen LogP contribution in [0.2, 0.25) is 0 Å². The topological polar surface area (TPSA) is 96.3 Å². The van der Waals surface area contributed by atoms with Gasteiger partial charge in [0.2, 0.25) is 0 Å². The van der Waals surface area contributed by atoms with E-state index in [0.29, 0.717) is 15.6 Å². The molecule has 7 nitrogen and oxygen atoms in total. The number of methoxy groups -OCH3 is 1. The summed E-state index contributed by atoms with van der Waals surface area (Å²) < 4.78 is 33.2. The Balaban J connectivity index is 2.58. The van der Waals surface area contributed by atoms with Crippen molar-refractivity contribution in [3.63, 3.8) is 0 Å². The highest BCUT2D eigenvalue weighted by atomic mass is 32.2. The van der Waals surface area contributed by atoms with Gasteiger partial charge in [0.05, 0.1) is 12.8 Å². The fraction of sp³-hybridized carbons (Fsp3) is 0.231. The number of likely N-dealkylation sites (N-methyl/N-ethyl adjacent to an activating group) is 1. The Hall–Kier alpha value is -2.35. The normalized spacial score (nSPS) is 17.0. The molecule has 0 spiro atoms. The molecule has 0 bridgehead atoms. The number of allylic oxidation sites excluding steroid dienone is 1. The third-order valence-corrected chi connectivity index (χ3v) is 4.40. The quantitative estimate of drug-likeness (QED) is 0.896. The van der Waals surface area contributed by atoms with Crippen LogP contribution in [-0.4, -0.2) is 43.7 Å². The molecule has 0 saturated heterocycles. The highest BCUT2D eigenvalue weighted by molar-refractivity contribution is 7.88. The number of carboxylic acid groups (broad SMARTS) is 1. The summed E-state index contributed by atoms with van der Waals surface area (Å²) in [5.74, 6) is -0.684. The molecule has 0 radical (unpaired) electrons. The Morgan fingerprint density at radius 1 is 1.38 bits per heavy atom. The fourth-order valence-electron chi connectivity index (χ4n) is 1.93. The zero-order valence-corrected chi connectivity index (χ0v) is 12.5. The maximum absolute atomic E-state index is 11.9. The van der Waals surface area contributed by atoms with E-state index in [-0.39, 0.29) is 11.4 Å². The Bertz CT molecular complexity index is 765. The van der Waals surface area contributed by atoms with E-state index in [1.807, 2.05) is 0 Å². The summed E-state index contributed by atoms with van der Waals surface area (Å²) in [6.07, 6.45) is 1.23. The van der Waals surface area contributed by atoms with E-state index < -0.39 is 16.2 Å². The summed E-state index contributed by atoms with van der Waals surface area (Å²) in [6, 6.07) is 4.99. The van der Waals surface area contributed by atoms with E-state index in [1.165, 1.54) is 13.2 Å². The largest absolute Gasteiger partial charge is 0.496 e. The summed E-state index contributed by atoms with van der Waals surface area (Å²) in [4.78, 5) is 11.1. The summed E-state index contributed by atoms with van der Waals surface area (Å²) in [7, 11) is -1.36. The summed E-state index contributed by atoms with van der Waals surface area (Å²) >= 11 is 0. The number of ether oxygens (including phenoxy) is 1. The van der Waals surface area contributed by atoms with Crippen LogP contribution in [0.1, 0.15) is 11.1 Å². The number of carboxylic acids is 1. The molecule has 0 aromatic heterocycles. The lowest BCUT2D eigenvalue weighted by Crippen LogP contribution is -2.33. The molecule has 0 unspecified atom stereocenters. The number of carbonyl (C=O) groups is 1. The number of aryl methyl sites for hydroxylation is 1. The van der Waals surface area contributed by atoms with Crippen LogP contribution in [0.4, 0.5) is 0 Å². The van der Waals surface area contributed by atoms with Crippen molar-refractivity contribution in [3.8, 4) is 5.75 Å². The maximum atomic E-state index is 11.9. The van der Waals surface area contributed by atoms with Crippen molar-refractivity contribution in [3.05, 3.63) is 41.1 Å². The van der Waals surface area contributed by atoms with Crippen molar-refractivity contribution in [1.82, 2.24) is 4.31 Å². The second-order valence-electron chi connectivity index (χ2n) is 4.44. The molecule has 0 aliphatic carbocycles. The monoisotopic (exact) mass is 310 g/mol. The Morgan fingerprint density at radius 3 is 2.57 bits per heavy atom. The van der Waals surface area contributed by atoms with Gasteiger partial charge in [-0.25, -0.2) is 9.10 Å². The minimum Gasteiger partial charge on any atom is -0.496 e. The van der Waals surface area contributed by atoms with Gasteiger partial charge in [0, 0.05) is 12.6 Å². The highest BCUT2D eigenvalue weighted by Crippen LogP contribution is 2.23. The van der Waals surface area contributed by atoms with Crippen LogP contribution in [0, 0.1) is 6.92 Å². The molecule has 1 aliphatic rings. The van der Waals surface area contributed by atoms with Crippen molar-refractivity contribution < 1.29 is 23.1 Å². The van der Waals surface area contributed by atoms with Crippen LogP contribution in [0.25, 0.3) is 0 Å². The van der Waals surface area contributed by atoms with E-state index in [1.54, 1.807) is 25.1 Å². The van der Waals surface area contributed by atoms with E-state index in [4.69, 9.17) is 9.84 Å². The minimum absolute atomic E-state index is 0.0799. The predicted molar refractivity (Wildman–Crippen MR) is 76.7 cm³/mol. The average Bonchev–Trinajstić information content (AvgIpc) is 2.41. The third kappa shape index (κ3) is 2.75. The van der Waals surface area contributed by atoms with Gasteiger partial charge in [0.25, 0.3) is 0 Å². The third-order valence-electron chi connectivity index (χ3n) is 3.08. The molecule has 1 heterocycles. The molecule has 1 aliphatic heterocycles. The van der Waals surface area contributed by atoms with Crippen LogP contribution in [0.5, 0.6) is 5.75 Å². The Morgan fingerprint density at radius 2 is 2.05 bits per heavy atom. The second kappa shape index (κ2) is 5.21. The number of benzene rings is 1. The van der Waals surface area contributed by atoms with Gasteiger partial charge in [-0.05, 0) is 36.8 Å². The van der Waals surface area contributed by atoms with Gasteiger partial charge in [0.1, 0.15) is 11.4 Å². The first-order valence-corrected chi connectivity index (χ1v) is 7.35. The zero-order valence-electron chi connectivity index (χ0n) is 11.7. The standard InChI is InChI=1S/C13H14N2O5S/c1-8-6-9(4-5-12(8)20-3)10-7-11(13(16)17)15(2)21(18,19)14-10/h4-7H,1-3H3,(H,16,17). The van der Waals surface area contributed by atoms with E-state index in [2.05, 4.69) is 4.40 Å². The van der Waals surface area contributed by atoms with Gasteiger partial charge in [-0.3, -0.25) is 0 Å². The fourth-order valence-corrected chi connectivity index (χ4v) is 2.84. The van der Waals surface area contributed by atoms with Gasteiger partial charge < -0.3 is 9.84 Å². The summed E-state index contributed by atoms with van der Waals surface area (Å²) in [5.41, 5.74) is 1.02. The maximum Gasteiger partial charge on any atom is 0.353 e. The number of rotatable bonds is 3. The van der Waals surface area contributed by atoms with Gasteiger partial charge in [-0.2, -0.15) is 8.42 Å². The number of aliphatic carboxylic acids is 1. The smallest absolute Gasteiger partial charge is 0.353 e. The molecule has 0 amide bonds. The van der Waals surface area contributed by atoms with Crippen LogP contribution >= 0.6 is 0 Å². The number of nitrogens with zero attached hydrogens (tertiary/aromatic N) is 2. The first kappa shape index (κ1) is 15.0. The van der Waals surface area contributed by atoms with Crippen molar-refractivity contribution >= 4 is 21.9 Å². The van der Waals surface area contributed by atoms with Crippen molar-refractivity contribution in [2.75, 3.05) is 14.2 Å². The average molecular weight is 310 g/mol. The van der Waals surface area contributed by atoms with Crippen molar-refractivity contribution in [1.29, 1.82) is 0 Å². The molecule has 1 aromatic carbocycles. The number of hydrogen-bond donors (Lipinski definition) is 1. The summed E-state index contributed by atoms with van der Waals surface area (Å²) in [6.45, 7) is 1.80. The number of hydrogen-bond acceptors (Lipinski definition) is 4. The molecule has 8 heteroatoms. The van der Waals surface area contributed by atoms with E-state index in [9.17, 15) is 13.2 Å². The minimum atomic E-state index is -4.04. The lowest BCUT2D eigenvalue weighted by Gasteiger charge is -2.21.